The van der Waals surface area contributed by atoms with Crippen LogP contribution in [0.1, 0.15) is 12.5 Å². The molecule has 0 aliphatic rings. The van der Waals surface area contributed by atoms with Crippen LogP contribution < -0.4 is 5.32 Å². The van der Waals surface area contributed by atoms with Gasteiger partial charge in [0.25, 0.3) is 0 Å². The number of halogens is 1. The van der Waals surface area contributed by atoms with Crippen LogP contribution in [0.25, 0.3) is 11.4 Å². The highest BCUT2D eigenvalue weighted by Gasteiger charge is 2.20. The first-order valence-electron chi connectivity index (χ1n) is 8.14. The van der Waals surface area contributed by atoms with Crippen molar-refractivity contribution in [2.45, 2.75) is 24.3 Å². The lowest BCUT2D eigenvalue weighted by atomic mass is 10.2. The van der Waals surface area contributed by atoms with Crippen LogP contribution in [-0.2, 0) is 11.8 Å². The molecule has 1 unspecified atom stereocenters. The summed E-state index contributed by atoms with van der Waals surface area (Å²) in [7, 11) is 1.76. The number of thioether (sulfide) groups is 1. The number of nitrogens with one attached hydrogen (secondary N) is 1. The van der Waals surface area contributed by atoms with Crippen LogP contribution in [0.3, 0.4) is 0 Å². The van der Waals surface area contributed by atoms with Crippen molar-refractivity contribution in [2.24, 2.45) is 7.05 Å². The van der Waals surface area contributed by atoms with Gasteiger partial charge in [-0.25, -0.2) is 4.39 Å². The van der Waals surface area contributed by atoms with Crippen molar-refractivity contribution in [3.63, 3.8) is 0 Å². The van der Waals surface area contributed by atoms with Crippen LogP contribution >= 0.6 is 11.8 Å². The van der Waals surface area contributed by atoms with Crippen molar-refractivity contribution in [2.75, 3.05) is 5.32 Å². The number of carbonyl (C=O) groups excluding carboxylic acids is 1. The fraction of sp³-hybridized carbons (Fsp3) is 0.211. The van der Waals surface area contributed by atoms with E-state index in [-0.39, 0.29) is 17.0 Å². The summed E-state index contributed by atoms with van der Waals surface area (Å²) in [6.45, 7) is 3.77. The first-order valence-corrected chi connectivity index (χ1v) is 9.02. The Balaban J connectivity index is 1.73. The van der Waals surface area contributed by atoms with Crippen molar-refractivity contribution in [3.05, 3.63) is 59.9 Å². The number of hydrogen-bond acceptors (Lipinski definition) is 4. The number of rotatable bonds is 5. The van der Waals surface area contributed by atoms with Gasteiger partial charge in [-0.05, 0) is 43.7 Å². The fourth-order valence-electron chi connectivity index (χ4n) is 2.47. The van der Waals surface area contributed by atoms with Gasteiger partial charge in [0, 0.05) is 12.7 Å². The van der Waals surface area contributed by atoms with Crippen LogP contribution in [0.5, 0.6) is 0 Å². The molecule has 0 aliphatic heterocycles. The van der Waals surface area contributed by atoms with Crippen molar-refractivity contribution in [3.8, 4) is 11.4 Å². The Morgan fingerprint density at radius 2 is 1.96 bits per heavy atom. The number of hydrogen-bond donors (Lipinski definition) is 1. The molecule has 7 heteroatoms. The monoisotopic (exact) mass is 370 g/mol. The van der Waals surface area contributed by atoms with Gasteiger partial charge in [-0.1, -0.05) is 36.0 Å². The molecule has 0 spiro atoms. The Hall–Kier alpha value is -2.67. The molecule has 3 rings (SSSR count). The lowest BCUT2D eigenvalue weighted by Crippen LogP contribution is -2.22. The molecule has 1 heterocycles. The summed E-state index contributed by atoms with van der Waals surface area (Å²) in [4.78, 5) is 12.4. The average molecular weight is 370 g/mol. The van der Waals surface area contributed by atoms with Crippen molar-refractivity contribution in [1.29, 1.82) is 0 Å². The fourth-order valence-corrected chi connectivity index (χ4v) is 3.29. The maximum absolute atomic E-state index is 14.0. The van der Waals surface area contributed by atoms with Crippen molar-refractivity contribution < 1.29 is 9.18 Å². The van der Waals surface area contributed by atoms with Gasteiger partial charge in [0.2, 0.25) is 5.91 Å². The van der Waals surface area contributed by atoms with Crippen molar-refractivity contribution in [1.82, 2.24) is 14.8 Å². The SMILES string of the molecule is Cc1cccc(NC(=O)C(C)Sc2nnc(-c3ccccc3F)n2C)c1. The standard InChI is InChI=1S/C19H19FN4OS/c1-12-7-6-8-14(11-12)21-18(25)13(2)26-19-23-22-17(24(19)3)15-9-4-5-10-16(15)20/h4-11,13H,1-3H3,(H,21,25). The Labute approximate surface area is 155 Å². The Morgan fingerprint density at radius 1 is 1.19 bits per heavy atom. The van der Waals surface area contributed by atoms with E-state index in [4.69, 9.17) is 0 Å². The molecule has 1 amide bonds. The molecule has 0 aliphatic carbocycles. The largest absolute Gasteiger partial charge is 0.325 e. The zero-order chi connectivity index (χ0) is 18.7. The van der Waals surface area contributed by atoms with Crippen LogP contribution in [0.15, 0.2) is 53.7 Å². The molecular formula is C19H19FN4OS. The number of anilines is 1. The molecule has 1 N–H and O–H groups in total. The summed E-state index contributed by atoms with van der Waals surface area (Å²) in [6.07, 6.45) is 0. The lowest BCUT2D eigenvalue weighted by molar-refractivity contribution is -0.115. The molecule has 1 aromatic heterocycles. The van der Waals surface area contributed by atoms with E-state index in [1.165, 1.54) is 17.8 Å². The number of carbonyl (C=O) groups is 1. The van der Waals surface area contributed by atoms with Gasteiger partial charge >= 0.3 is 0 Å². The second kappa shape index (κ2) is 7.70. The average Bonchev–Trinajstić information content (AvgIpc) is 2.96. The molecule has 26 heavy (non-hydrogen) atoms. The van der Waals surface area contributed by atoms with E-state index in [9.17, 15) is 9.18 Å². The van der Waals surface area contributed by atoms with Crippen LogP contribution in [-0.4, -0.2) is 25.9 Å². The quantitative estimate of drug-likeness (QED) is 0.689. The molecule has 134 valence electrons. The molecule has 5 nitrogen and oxygen atoms in total. The Morgan fingerprint density at radius 3 is 2.69 bits per heavy atom. The molecule has 0 saturated carbocycles. The molecule has 0 bridgehead atoms. The van der Waals surface area contributed by atoms with E-state index in [1.54, 1.807) is 36.7 Å². The number of amides is 1. The van der Waals surface area contributed by atoms with Crippen molar-refractivity contribution >= 4 is 23.4 Å². The number of aromatic nitrogens is 3. The molecular weight excluding hydrogens is 351 g/mol. The third-order valence-electron chi connectivity index (χ3n) is 3.89. The highest BCUT2D eigenvalue weighted by Crippen LogP contribution is 2.27. The van der Waals surface area contributed by atoms with Gasteiger partial charge < -0.3 is 9.88 Å². The third kappa shape index (κ3) is 3.94. The highest BCUT2D eigenvalue weighted by atomic mass is 32.2. The van der Waals surface area contributed by atoms with E-state index in [2.05, 4.69) is 15.5 Å². The molecule has 1 atom stereocenters. The van der Waals surface area contributed by atoms with Gasteiger partial charge in [0.1, 0.15) is 5.82 Å². The van der Waals surface area contributed by atoms with E-state index in [0.29, 0.717) is 16.5 Å². The summed E-state index contributed by atoms with van der Waals surface area (Å²) < 4.78 is 15.7. The summed E-state index contributed by atoms with van der Waals surface area (Å²) in [5.41, 5.74) is 2.21. The number of aryl methyl sites for hydroxylation is 1. The van der Waals surface area contributed by atoms with Gasteiger partial charge in [-0.2, -0.15) is 0 Å². The number of benzene rings is 2. The van der Waals surface area contributed by atoms with Crippen LogP contribution in [0.2, 0.25) is 0 Å². The molecule has 2 aromatic carbocycles. The zero-order valence-electron chi connectivity index (χ0n) is 14.7. The lowest BCUT2D eigenvalue weighted by Gasteiger charge is -2.12. The molecule has 3 aromatic rings. The zero-order valence-corrected chi connectivity index (χ0v) is 15.5. The van der Waals surface area contributed by atoms with E-state index < -0.39 is 0 Å². The Bertz CT molecular complexity index is 941. The summed E-state index contributed by atoms with van der Waals surface area (Å²) in [6, 6.07) is 14.0. The van der Waals surface area contributed by atoms with E-state index in [1.807, 2.05) is 31.2 Å². The maximum atomic E-state index is 14.0. The summed E-state index contributed by atoms with van der Waals surface area (Å²) in [5, 5.41) is 11.2. The first kappa shape index (κ1) is 18.1. The minimum atomic E-state index is -0.383. The van der Waals surface area contributed by atoms with Gasteiger partial charge in [-0.3, -0.25) is 4.79 Å². The normalized spacial score (nSPS) is 12.0. The molecule has 0 saturated heterocycles. The second-order valence-corrected chi connectivity index (χ2v) is 7.27. The highest BCUT2D eigenvalue weighted by molar-refractivity contribution is 8.00. The summed E-state index contributed by atoms with van der Waals surface area (Å²) in [5.74, 6) is -0.0577. The van der Waals surface area contributed by atoms with E-state index in [0.717, 1.165) is 11.3 Å². The number of nitrogens with zero attached hydrogens (tertiary/aromatic N) is 3. The van der Waals surface area contributed by atoms with Crippen LogP contribution in [0, 0.1) is 12.7 Å². The van der Waals surface area contributed by atoms with E-state index >= 15 is 0 Å². The predicted molar refractivity (Wildman–Crippen MR) is 102 cm³/mol. The predicted octanol–water partition coefficient (Wildman–Crippen LogP) is 4.05. The third-order valence-corrected chi connectivity index (χ3v) is 5.02. The van der Waals surface area contributed by atoms with Gasteiger partial charge in [-0.15, -0.1) is 10.2 Å². The first-order chi connectivity index (χ1) is 12.5. The molecule has 0 radical (unpaired) electrons. The van der Waals surface area contributed by atoms with Crippen LogP contribution in [0.4, 0.5) is 10.1 Å². The smallest absolute Gasteiger partial charge is 0.237 e. The topological polar surface area (TPSA) is 59.8 Å². The minimum Gasteiger partial charge on any atom is -0.325 e. The Kier molecular flexibility index (Phi) is 5.37. The van der Waals surface area contributed by atoms with Gasteiger partial charge in [0.05, 0.1) is 10.8 Å². The van der Waals surface area contributed by atoms with Gasteiger partial charge in [0.15, 0.2) is 11.0 Å². The molecule has 0 fully saturated rings. The summed E-state index contributed by atoms with van der Waals surface area (Å²) >= 11 is 1.28. The second-order valence-electron chi connectivity index (χ2n) is 5.96. The minimum absolute atomic E-state index is 0.129. The maximum Gasteiger partial charge on any atom is 0.237 e.